The molecule has 0 saturated heterocycles. The number of para-hydroxylation sites is 1. The average molecular weight is 288 g/mol. The largest absolute Gasteiger partial charge is 0.492 e. The van der Waals surface area contributed by atoms with E-state index in [1.165, 1.54) is 44.2 Å². The molecule has 0 bridgehead atoms. The van der Waals surface area contributed by atoms with Crippen LogP contribution in [0, 0.1) is 5.92 Å². The summed E-state index contributed by atoms with van der Waals surface area (Å²) in [6.45, 7) is 4.09. The number of nitrogens with one attached hydrogen (secondary N) is 1. The first-order valence-electron chi connectivity index (χ1n) is 8.47. The Labute approximate surface area is 128 Å². The predicted molar refractivity (Wildman–Crippen MR) is 86.6 cm³/mol. The van der Waals surface area contributed by atoms with Crippen molar-refractivity contribution in [2.45, 2.75) is 44.7 Å². The van der Waals surface area contributed by atoms with Crippen LogP contribution in [0.4, 0.5) is 0 Å². The molecule has 2 aliphatic rings. The van der Waals surface area contributed by atoms with E-state index in [-0.39, 0.29) is 0 Å². The van der Waals surface area contributed by atoms with Crippen molar-refractivity contribution in [1.82, 2.24) is 10.2 Å². The Morgan fingerprint density at radius 2 is 2.05 bits per heavy atom. The van der Waals surface area contributed by atoms with Crippen LogP contribution in [0.5, 0.6) is 5.75 Å². The number of nitrogens with zero attached hydrogens (tertiary/aromatic N) is 1. The fraction of sp³-hybridized carbons (Fsp3) is 0.667. The van der Waals surface area contributed by atoms with Gasteiger partial charge in [-0.05, 0) is 31.9 Å². The van der Waals surface area contributed by atoms with E-state index in [0.29, 0.717) is 6.04 Å². The van der Waals surface area contributed by atoms with E-state index in [1.54, 1.807) is 0 Å². The van der Waals surface area contributed by atoms with Gasteiger partial charge in [0.2, 0.25) is 0 Å². The maximum absolute atomic E-state index is 5.89. The van der Waals surface area contributed by atoms with Crippen molar-refractivity contribution < 1.29 is 4.74 Å². The van der Waals surface area contributed by atoms with Gasteiger partial charge < -0.3 is 10.1 Å². The van der Waals surface area contributed by atoms with Gasteiger partial charge in [-0.2, -0.15) is 0 Å². The molecule has 0 radical (unpaired) electrons. The SMILES string of the molecule is CNC1CCCCCC1CN1CCOc2ccccc2C1. The van der Waals surface area contributed by atoms with Gasteiger partial charge in [0.1, 0.15) is 12.4 Å². The first kappa shape index (κ1) is 14.9. The summed E-state index contributed by atoms with van der Waals surface area (Å²) < 4.78 is 5.89. The standard InChI is InChI=1S/C18H28N2O/c1-19-17-9-4-2-3-7-15(17)13-20-11-12-21-18-10-6-5-8-16(18)14-20/h5-6,8,10,15,17,19H,2-4,7,9,11-14H2,1H3. The minimum Gasteiger partial charge on any atom is -0.492 e. The second-order valence-corrected chi connectivity index (χ2v) is 6.48. The van der Waals surface area contributed by atoms with Gasteiger partial charge in [-0.25, -0.2) is 0 Å². The summed E-state index contributed by atoms with van der Waals surface area (Å²) in [5.74, 6) is 1.86. The average Bonchev–Trinajstić information content (AvgIpc) is 2.85. The number of fused-ring (bicyclic) bond motifs is 1. The van der Waals surface area contributed by atoms with Crippen molar-refractivity contribution >= 4 is 0 Å². The minimum absolute atomic E-state index is 0.687. The number of rotatable bonds is 3. The van der Waals surface area contributed by atoms with Crippen molar-refractivity contribution in [3.8, 4) is 5.75 Å². The molecule has 3 rings (SSSR count). The molecule has 0 spiro atoms. The number of benzene rings is 1. The van der Waals surface area contributed by atoms with Crippen LogP contribution in [0.1, 0.15) is 37.7 Å². The molecule has 1 heterocycles. The Balaban J connectivity index is 1.66. The number of hydrogen-bond acceptors (Lipinski definition) is 3. The molecule has 0 aromatic heterocycles. The molecule has 1 aliphatic heterocycles. The van der Waals surface area contributed by atoms with E-state index in [4.69, 9.17) is 4.74 Å². The van der Waals surface area contributed by atoms with Crippen molar-refractivity contribution in [3.63, 3.8) is 0 Å². The molecule has 2 unspecified atom stereocenters. The Kier molecular flexibility index (Phi) is 5.15. The fourth-order valence-electron chi connectivity index (χ4n) is 3.85. The Hall–Kier alpha value is -1.06. The first-order chi connectivity index (χ1) is 10.4. The molecule has 1 N–H and O–H groups in total. The third kappa shape index (κ3) is 3.78. The topological polar surface area (TPSA) is 24.5 Å². The molecule has 1 aliphatic carbocycles. The minimum atomic E-state index is 0.687. The summed E-state index contributed by atoms with van der Waals surface area (Å²) in [4.78, 5) is 2.59. The van der Waals surface area contributed by atoms with Crippen molar-refractivity contribution in [2.24, 2.45) is 5.92 Å². The van der Waals surface area contributed by atoms with Crippen LogP contribution < -0.4 is 10.1 Å². The van der Waals surface area contributed by atoms with Crippen LogP contribution in [-0.2, 0) is 6.54 Å². The third-order valence-electron chi connectivity index (χ3n) is 5.05. The van der Waals surface area contributed by atoms with Gasteiger partial charge >= 0.3 is 0 Å². The van der Waals surface area contributed by atoms with Crippen molar-refractivity contribution in [1.29, 1.82) is 0 Å². The van der Waals surface area contributed by atoms with Crippen molar-refractivity contribution in [2.75, 3.05) is 26.7 Å². The zero-order valence-corrected chi connectivity index (χ0v) is 13.2. The van der Waals surface area contributed by atoms with Crippen LogP contribution in [0.15, 0.2) is 24.3 Å². The molecule has 116 valence electrons. The maximum Gasteiger partial charge on any atom is 0.123 e. The lowest BCUT2D eigenvalue weighted by molar-refractivity contribution is 0.175. The molecular weight excluding hydrogens is 260 g/mol. The van der Waals surface area contributed by atoms with Gasteiger partial charge in [0, 0.05) is 31.2 Å². The van der Waals surface area contributed by atoms with E-state index in [9.17, 15) is 0 Å². The normalized spacial score (nSPS) is 27.3. The monoisotopic (exact) mass is 288 g/mol. The lowest BCUT2D eigenvalue weighted by Gasteiger charge is -2.30. The van der Waals surface area contributed by atoms with Crippen LogP contribution in [0.25, 0.3) is 0 Å². The Morgan fingerprint density at radius 1 is 1.19 bits per heavy atom. The van der Waals surface area contributed by atoms with Gasteiger partial charge in [-0.15, -0.1) is 0 Å². The fourth-order valence-corrected chi connectivity index (χ4v) is 3.85. The molecule has 3 heteroatoms. The summed E-state index contributed by atoms with van der Waals surface area (Å²) >= 11 is 0. The molecule has 21 heavy (non-hydrogen) atoms. The summed E-state index contributed by atoms with van der Waals surface area (Å²) in [6, 6.07) is 9.17. The zero-order valence-electron chi connectivity index (χ0n) is 13.2. The second-order valence-electron chi connectivity index (χ2n) is 6.48. The highest BCUT2D eigenvalue weighted by Gasteiger charge is 2.25. The first-order valence-corrected chi connectivity index (χ1v) is 8.47. The van der Waals surface area contributed by atoms with Crippen molar-refractivity contribution in [3.05, 3.63) is 29.8 Å². The van der Waals surface area contributed by atoms with Gasteiger partial charge in [0.15, 0.2) is 0 Å². The molecule has 1 saturated carbocycles. The quantitative estimate of drug-likeness (QED) is 0.865. The Bertz CT molecular complexity index is 449. The van der Waals surface area contributed by atoms with Crippen LogP contribution in [-0.4, -0.2) is 37.7 Å². The molecule has 1 aromatic rings. The lowest BCUT2D eigenvalue weighted by atomic mass is 9.94. The van der Waals surface area contributed by atoms with Gasteiger partial charge in [0.05, 0.1) is 0 Å². The third-order valence-corrected chi connectivity index (χ3v) is 5.05. The highest BCUT2D eigenvalue weighted by atomic mass is 16.5. The number of ether oxygens (including phenoxy) is 1. The zero-order chi connectivity index (χ0) is 14.5. The molecule has 1 aromatic carbocycles. The van der Waals surface area contributed by atoms with E-state index < -0.39 is 0 Å². The van der Waals surface area contributed by atoms with E-state index in [0.717, 1.165) is 31.4 Å². The van der Waals surface area contributed by atoms with E-state index in [2.05, 4.69) is 41.5 Å². The molecule has 2 atom stereocenters. The van der Waals surface area contributed by atoms with Crippen LogP contribution >= 0.6 is 0 Å². The highest BCUT2D eigenvalue weighted by Crippen LogP contribution is 2.27. The van der Waals surface area contributed by atoms with Crippen LogP contribution in [0.3, 0.4) is 0 Å². The maximum atomic E-state index is 5.89. The van der Waals surface area contributed by atoms with E-state index >= 15 is 0 Å². The molecule has 1 fully saturated rings. The smallest absolute Gasteiger partial charge is 0.123 e. The highest BCUT2D eigenvalue weighted by molar-refractivity contribution is 5.33. The summed E-state index contributed by atoms with van der Waals surface area (Å²) in [5.41, 5.74) is 1.34. The Morgan fingerprint density at radius 3 is 2.95 bits per heavy atom. The summed E-state index contributed by atoms with van der Waals surface area (Å²) in [5, 5.41) is 3.56. The summed E-state index contributed by atoms with van der Waals surface area (Å²) in [7, 11) is 2.13. The van der Waals surface area contributed by atoms with Gasteiger partial charge in [0.25, 0.3) is 0 Å². The molecule has 3 nitrogen and oxygen atoms in total. The molecular formula is C18H28N2O. The van der Waals surface area contributed by atoms with Gasteiger partial charge in [-0.3, -0.25) is 4.90 Å². The van der Waals surface area contributed by atoms with E-state index in [1.807, 2.05) is 0 Å². The lowest BCUT2D eigenvalue weighted by Crippen LogP contribution is -2.41. The predicted octanol–water partition coefficient (Wildman–Crippen LogP) is 3.05. The summed E-state index contributed by atoms with van der Waals surface area (Å²) in [6.07, 6.45) is 6.88. The van der Waals surface area contributed by atoms with Crippen LogP contribution in [0.2, 0.25) is 0 Å². The van der Waals surface area contributed by atoms with Gasteiger partial charge in [-0.1, -0.05) is 37.5 Å². The number of hydrogen-bond donors (Lipinski definition) is 1. The second kappa shape index (κ2) is 7.28. The molecule has 0 amide bonds.